The summed E-state index contributed by atoms with van der Waals surface area (Å²) in [5.41, 5.74) is 7.42. The van der Waals surface area contributed by atoms with Gasteiger partial charge >= 0.3 is 229 Å². The molecule has 0 bridgehead atoms. The fourth-order valence-electron chi connectivity index (χ4n) is 6.65. The first-order valence-electron chi connectivity index (χ1n) is 14.9. The van der Waals surface area contributed by atoms with Crippen molar-refractivity contribution in [1.29, 1.82) is 0 Å². The second-order valence-corrected chi connectivity index (χ2v) is 26.5. The van der Waals surface area contributed by atoms with Crippen molar-refractivity contribution >= 4 is 61.7 Å². The molecule has 40 heavy (non-hydrogen) atoms. The first-order valence-corrected chi connectivity index (χ1v) is 23.0. The van der Waals surface area contributed by atoms with E-state index in [1.54, 1.807) is 4.40 Å². The Kier molecular flexibility index (Phi) is 6.71. The van der Waals surface area contributed by atoms with Crippen molar-refractivity contribution in [1.82, 2.24) is 0 Å². The van der Waals surface area contributed by atoms with Gasteiger partial charge in [-0.15, -0.1) is 0 Å². The van der Waals surface area contributed by atoms with Crippen LogP contribution in [0.2, 0.25) is 17.3 Å². The van der Waals surface area contributed by atoms with E-state index >= 15 is 0 Å². The average Bonchev–Trinajstić information content (AvgIpc) is 2.85. The van der Waals surface area contributed by atoms with E-state index in [0.29, 0.717) is 5.92 Å². The maximum atomic E-state index is 2.52. The van der Waals surface area contributed by atoms with Gasteiger partial charge < -0.3 is 0 Å². The molecule has 0 spiro atoms. The van der Waals surface area contributed by atoms with Crippen LogP contribution in [-0.4, -0.2) is 13.3 Å². The van der Waals surface area contributed by atoms with Crippen molar-refractivity contribution < 1.29 is 4.57 Å². The van der Waals surface area contributed by atoms with Gasteiger partial charge in [0.05, 0.1) is 0 Å². The van der Waals surface area contributed by atoms with Crippen molar-refractivity contribution in [3.05, 3.63) is 71.4 Å². The Labute approximate surface area is 247 Å². The first kappa shape index (κ1) is 27.9. The molecule has 0 saturated heterocycles. The molecule has 1 aliphatic rings. The normalized spacial score (nSPS) is 13.6. The van der Waals surface area contributed by atoms with Crippen molar-refractivity contribution in [2.24, 2.45) is 18.4 Å². The quantitative estimate of drug-likeness (QED) is 0.110. The monoisotopic (exact) mass is 608 g/mol. The van der Waals surface area contributed by atoms with Crippen LogP contribution in [0.1, 0.15) is 51.3 Å². The van der Waals surface area contributed by atoms with Crippen molar-refractivity contribution in [2.45, 2.75) is 81.4 Å². The number of hydrogen-bond acceptors (Lipinski definition) is 1. The third kappa shape index (κ3) is 4.69. The van der Waals surface area contributed by atoms with E-state index in [9.17, 15) is 0 Å². The molecular formula is C37H44GeNS+. The van der Waals surface area contributed by atoms with Gasteiger partial charge in [0, 0.05) is 0 Å². The minimum atomic E-state index is -1.97. The summed E-state index contributed by atoms with van der Waals surface area (Å²) < 4.78 is 3.97. The zero-order chi connectivity index (χ0) is 28.7. The average molecular weight is 607 g/mol. The van der Waals surface area contributed by atoms with Gasteiger partial charge in [-0.3, -0.25) is 0 Å². The van der Waals surface area contributed by atoms with Crippen molar-refractivity contribution in [3.8, 4) is 11.3 Å². The van der Waals surface area contributed by atoms with Gasteiger partial charge in [-0.2, -0.15) is 0 Å². The molecule has 0 amide bonds. The Bertz CT molecular complexity index is 1830. The van der Waals surface area contributed by atoms with E-state index in [1.807, 2.05) is 11.8 Å². The molecule has 1 aliphatic heterocycles. The van der Waals surface area contributed by atoms with Gasteiger partial charge in [-0.05, 0) is 5.92 Å². The molecule has 6 rings (SSSR count). The Hall–Kier alpha value is -2.30. The molecule has 0 aliphatic carbocycles. The molecule has 2 heterocycles. The molecule has 0 saturated carbocycles. The molecular weight excluding hydrogens is 563 g/mol. The molecule has 1 aromatic heterocycles. The second kappa shape index (κ2) is 9.63. The molecule has 5 aromatic rings. The van der Waals surface area contributed by atoms with Crippen LogP contribution in [0.4, 0.5) is 0 Å². The molecule has 0 atom stereocenters. The summed E-state index contributed by atoms with van der Waals surface area (Å²) >= 11 is 0.0526. The minimum absolute atomic E-state index is 0.194. The number of hydrogen-bond donors (Lipinski definition) is 0. The number of aromatic nitrogens is 1. The molecule has 3 heteroatoms. The number of rotatable bonds is 4. The fourth-order valence-corrected chi connectivity index (χ4v) is 10.5. The summed E-state index contributed by atoms with van der Waals surface area (Å²) in [4.78, 5) is 2.87. The van der Waals surface area contributed by atoms with Crippen LogP contribution < -0.4 is 8.96 Å². The SMILES string of the molecule is Cc1c2c(c(CC(C)(C)C)c3ccc(CC(C)C)cc13)Sc1cc3cc[c]([Ge]([CH3])([CH3])[CH3])cc3c3cc[n+](C)c-2c13. The number of fused-ring (bicyclic) bond motifs is 5. The van der Waals surface area contributed by atoms with Crippen LogP contribution in [0.3, 0.4) is 0 Å². The number of pyridine rings is 1. The zero-order valence-corrected chi connectivity index (χ0v) is 29.0. The Morgan fingerprint density at radius 3 is 2.30 bits per heavy atom. The summed E-state index contributed by atoms with van der Waals surface area (Å²) in [6.45, 7) is 14.2. The number of benzene rings is 4. The maximum absolute atomic E-state index is 2.52. The van der Waals surface area contributed by atoms with E-state index in [4.69, 9.17) is 0 Å². The van der Waals surface area contributed by atoms with Crippen LogP contribution in [-0.2, 0) is 19.9 Å². The van der Waals surface area contributed by atoms with Gasteiger partial charge in [0.15, 0.2) is 0 Å². The van der Waals surface area contributed by atoms with Gasteiger partial charge in [-0.25, -0.2) is 0 Å². The predicted octanol–water partition coefficient (Wildman–Crippen LogP) is 9.74. The van der Waals surface area contributed by atoms with E-state index in [-0.39, 0.29) is 5.41 Å². The van der Waals surface area contributed by atoms with Crippen LogP contribution in [0.25, 0.3) is 43.6 Å². The molecule has 0 fully saturated rings. The Balaban J connectivity index is 1.74. The first-order chi connectivity index (χ1) is 18.7. The van der Waals surface area contributed by atoms with Crippen LogP contribution in [0.15, 0.2) is 64.5 Å². The van der Waals surface area contributed by atoms with E-state index in [1.165, 1.54) is 70.1 Å². The van der Waals surface area contributed by atoms with Crippen LogP contribution >= 0.6 is 11.8 Å². The van der Waals surface area contributed by atoms with Crippen molar-refractivity contribution in [2.75, 3.05) is 0 Å². The molecule has 4 aromatic carbocycles. The summed E-state index contributed by atoms with van der Waals surface area (Å²) in [7, 11) is 2.24. The summed E-state index contributed by atoms with van der Waals surface area (Å²) in [5, 5.41) is 8.47. The standard InChI is InChI=1S/C37H44GeNS/c1-22(2)17-24-11-14-27-29(18-24)23(3)33-35-34-28(15-16-39(35)10)30-20-26(38(7,8)9)13-12-25(30)19-32(34)40-36(33)31(27)21-37(4,5)6/h11-16,18-20,22H,17,21H2,1-10H3/q+1. The molecule has 1 nitrogen and oxygen atoms in total. The predicted molar refractivity (Wildman–Crippen MR) is 179 cm³/mol. The van der Waals surface area contributed by atoms with Crippen LogP contribution in [0.5, 0.6) is 0 Å². The third-order valence-corrected chi connectivity index (χ3v) is 14.0. The van der Waals surface area contributed by atoms with E-state index in [0.717, 1.165) is 12.8 Å². The van der Waals surface area contributed by atoms with E-state index < -0.39 is 13.3 Å². The van der Waals surface area contributed by atoms with Gasteiger partial charge in [-0.1, -0.05) is 13.8 Å². The van der Waals surface area contributed by atoms with Gasteiger partial charge in [0.2, 0.25) is 0 Å². The summed E-state index contributed by atoms with van der Waals surface area (Å²) in [6, 6.07) is 19.5. The molecule has 206 valence electrons. The molecule has 0 unspecified atom stereocenters. The summed E-state index contributed by atoms with van der Waals surface area (Å²) in [6.07, 6.45) is 4.48. The Morgan fingerprint density at radius 2 is 1.62 bits per heavy atom. The van der Waals surface area contributed by atoms with Crippen molar-refractivity contribution in [3.63, 3.8) is 0 Å². The summed E-state index contributed by atoms with van der Waals surface area (Å²) in [5.74, 6) is 8.14. The topological polar surface area (TPSA) is 3.88 Å². The van der Waals surface area contributed by atoms with E-state index in [2.05, 4.69) is 125 Å². The van der Waals surface area contributed by atoms with Gasteiger partial charge in [0.1, 0.15) is 0 Å². The third-order valence-electron chi connectivity index (χ3n) is 8.56. The second-order valence-electron chi connectivity index (χ2n) is 14.7. The van der Waals surface area contributed by atoms with Crippen LogP contribution in [0, 0.1) is 18.3 Å². The molecule has 0 radical (unpaired) electrons. The van der Waals surface area contributed by atoms with Gasteiger partial charge in [0.25, 0.3) is 0 Å². The fraction of sp³-hybridized carbons (Fsp3) is 0.378. The molecule has 0 N–H and O–H groups in total. The number of aryl methyl sites for hydroxylation is 2. The Morgan fingerprint density at radius 1 is 0.875 bits per heavy atom. The number of nitrogens with zero attached hydrogens (tertiary/aromatic N) is 1. The zero-order valence-electron chi connectivity index (χ0n) is 26.0.